The SMILES string of the molecule is COCCCOc1cc(/C(N)=N/O)ccc1C. The second kappa shape index (κ2) is 6.75. The van der Waals surface area contributed by atoms with E-state index in [4.69, 9.17) is 20.4 Å². The first-order valence-corrected chi connectivity index (χ1v) is 5.39. The molecule has 0 amide bonds. The maximum absolute atomic E-state index is 8.60. The molecule has 1 rings (SSSR count). The van der Waals surface area contributed by atoms with Gasteiger partial charge in [0.2, 0.25) is 0 Å². The van der Waals surface area contributed by atoms with Crippen LogP contribution >= 0.6 is 0 Å². The fourth-order valence-electron chi connectivity index (χ4n) is 1.36. The van der Waals surface area contributed by atoms with E-state index in [1.807, 2.05) is 13.0 Å². The Hall–Kier alpha value is -1.75. The Kier molecular flexibility index (Phi) is 5.29. The van der Waals surface area contributed by atoms with Crippen LogP contribution in [0.15, 0.2) is 23.4 Å². The molecule has 0 heterocycles. The van der Waals surface area contributed by atoms with Gasteiger partial charge in [0, 0.05) is 25.7 Å². The van der Waals surface area contributed by atoms with Crippen LogP contribution in [0.2, 0.25) is 0 Å². The van der Waals surface area contributed by atoms with Gasteiger partial charge in [-0.15, -0.1) is 0 Å². The number of rotatable bonds is 6. The Morgan fingerprint density at radius 1 is 1.41 bits per heavy atom. The van der Waals surface area contributed by atoms with Crippen molar-refractivity contribution in [2.24, 2.45) is 10.9 Å². The van der Waals surface area contributed by atoms with Gasteiger partial charge < -0.3 is 20.4 Å². The van der Waals surface area contributed by atoms with Crippen LogP contribution in [0.25, 0.3) is 0 Å². The molecule has 0 aliphatic heterocycles. The molecule has 0 fully saturated rings. The molecular formula is C12H18N2O3. The summed E-state index contributed by atoms with van der Waals surface area (Å²) in [7, 11) is 1.66. The highest BCUT2D eigenvalue weighted by molar-refractivity contribution is 5.97. The predicted octanol–water partition coefficient (Wildman–Crippen LogP) is 1.50. The zero-order valence-electron chi connectivity index (χ0n) is 10.1. The Labute approximate surface area is 101 Å². The van der Waals surface area contributed by atoms with E-state index in [0.717, 1.165) is 17.7 Å². The molecule has 0 unspecified atom stereocenters. The van der Waals surface area contributed by atoms with Crippen molar-refractivity contribution in [1.82, 2.24) is 0 Å². The lowest BCUT2D eigenvalue weighted by Gasteiger charge is -2.10. The summed E-state index contributed by atoms with van der Waals surface area (Å²) < 4.78 is 10.5. The van der Waals surface area contributed by atoms with Gasteiger partial charge in [-0.25, -0.2) is 0 Å². The lowest BCUT2D eigenvalue weighted by molar-refractivity contribution is 0.172. The van der Waals surface area contributed by atoms with Gasteiger partial charge in [-0.1, -0.05) is 17.3 Å². The van der Waals surface area contributed by atoms with Crippen LogP contribution in [0.4, 0.5) is 0 Å². The minimum absolute atomic E-state index is 0.0757. The minimum Gasteiger partial charge on any atom is -0.493 e. The summed E-state index contributed by atoms with van der Waals surface area (Å²) in [6.45, 7) is 3.19. The lowest BCUT2D eigenvalue weighted by atomic mass is 10.1. The van der Waals surface area contributed by atoms with E-state index in [1.54, 1.807) is 19.2 Å². The number of nitrogens with two attached hydrogens (primary N) is 1. The molecule has 3 N–H and O–H groups in total. The third kappa shape index (κ3) is 3.96. The molecule has 0 aliphatic carbocycles. The van der Waals surface area contributed by atoms with Gasteiger partial charge in [0.15, 0.2) is 5.84 Å². The van der Waals surface area contributed by atoms with Crippen molar-refractivity contribution in [2.75, 3.05) is 20.3 Å². The zero-order valence-corrected chi connectivity index (χ0v) is 10.1. The Bertz CT molecular complexity index is 391. The topological polar surface area (TPSA) is 77.1 Å². The number of methoxy groups -OCH3 is 1. The zero-order chi connectivity index (χ0) is 12.7. The summed E-state index contributed by atoms with van der Waals surface area (Å²) in [6, 6.07) is 5.42. The van der Waals surface area contributed by atoms with Crippen LogP contribution in [0.3, 0.4) is 0 Å². The van der Waals surface area contributed by atoms with Crippen molar-refractivity contribution < 1.29 is 14.7 Å². The molecule has 1 aromatic rings. The second-order valence-electron chi connectivity index (χ2n) is 3.66. The van der Waals surface area contributed by atoms with Gasteiger partial charge in [0.05, 0.1) is 6.61 Å². The summed E-state index contributed by atoms with van der Waals surface area (Å²) >= 11 is 0. The standard InChI is InChI=1S/C12H18N2O3/c1-9-4-5-10(12(13)14-15)8-11(9)17-7-3-6-16-2/h4-5,8,15H,3,6-7H2,1-2H3,(H2,13,14). The van der Waals surface area contributed by atoms with E-state index in [9.17, 15) is 0 Å². The van der Waals surface area contributed by atoms with Crippen LogP contribution in [0, 0.1) is 6.92 Å². The van der Waals surface area contributed by atoms with Crippen molar-refractivity contribution in [3.05, 3.63) is 29.3 Å². The Morgan fingerprint density at radius 3 is 2.82 bits per heavy atom. The highest BCUT2D eigenvalue weighted by Crippen LogP contribution is 2.19. The minimum atomic E-state index is 0.0757. The summed E-state index contributed by atoms with van der Waals surface area (Å²) in [5.74, 6) is 0.817. The van der Waals surface area contributed by atoms with Gasteiger partial charge >= 0.3 is 0 Å². The quantitative estimate of drug-likeness (QED) is 0.259. The first-order chi connectivity index (χ1) is 8.19. The normalized spacial score (nSPS) is 11.5. The maximum Gasteiger partial charge on any atom is 0.170 e. The number of hydrogen-bond acceptors (Lipinski definition) is 4. The fraction of sp³-hybridized carbons (Fsp3) is 0.417. The van der Waals surface area contributed by atoms with Crippen LogP contribution in [-0.4, -0.2) is 31.4 Å². The van der Waals surface area contributed by atoms with Crippen LogP contribution < -0.4 is 10.5 Å². The Morgan fingerprint density at radius 2 is 2.18 bits per heavy atom. The van der Waals surface area contributed by atoms with Crippen molar-refractivity contribution in [2.45, 2.75) is 13.3 Å². The van der Waals surface area contributed by atoms with Gasteiger partial charge in [-0.05, 0) is 18.6 Å². The van der Waals surface area contributed by atoms with Crippen molar-refractivity contribution in [3.8, 4) is 5.75 Å². The number of ether oxygens (including phenoxy) is 2. The number of nitrogens with zero attached hydrogens (tertiary/aromatic N) is 1. The van der Waals surface area contributed by atoms with Gasteiger partial charge in [0.25, 0.3) is 0 Å². The van der Waals surface area contributed by atoms with E-state index in [2.05, 4.69) is 5.16 Å². The van der Waals surface area contributed by atoms with E-state index >= 15 is 0 Å². The molecule has 0 radical (unpaired) electrons. The summed E-state index contributed by atoms with van der Waals surface area (Å²) in [5.41, 5.74) is 7.16. The average molecular weight is 238 g/mol. The third-order valence-corrected chi connectivity index (χ3v) is 2.34. The number of hydrogen-bond donors (Lipinski definition) is 2. The van der Waals surface area contributed by atoms with Crippen molar-refractivity contribution >= 4 is 5.84 Å². The summed E-state index contributed by atoms with van der Waals surface area (Å²) in [4.78, 5) is 0. The molecule has 0 aliphatic rings. The summed E-state index contributed by atoms with van der Waals surface area (Å²) in [5, 5.41) is 11.6. The van der Waals surface area contributed by atoms with E-state index in [0.29, 0.717) is 18.8 Å². The highest BCUT2D eigenvalue weighted by atomic mass is 16.5. The molecule has 0 bridgehead atoms. The maximum atomic E-state index is 8.60. The molecule has 17 heavy (non-hydrogen) atoms. The number of benzene rings is 1. The smallest absolute Gasteiger partial charge is 0.170 e. The highest BCUT2D eigenvalue weighted by Gasteiger charge is 2.04. The molecule has 0 saturated heterocycles. The van der Waals surface area contributed by atoms with E-state index in [-0.39, 0.29) is 5.84 Å². The van der Waals surface area contributed by atoms with E-state index in [1.165, 1.54) is 0 Å². The van der Waals surface area contributed by atoms with Crippen LogP contribution in [0.1, 0.15) is 17.5 Å². The van der Waals surface area contributed by atoms with Gasteiger partial charge in [0.1, 0.15) is 5.75 Å². The van der Waals surface area contributed by atoms with Crippen LogP contribution in [-0.2, 0) is 4.74 Å². The fourth-order valence-corrected chi connectivity index (χ4v) is 1.36. The molecule has 0 saturated carbocycles. The summed E-state index contributed by atoms with van der Waals surface area (Å²) in [6.07, 6.45) is 0.823. The molecule has 5 heteroatoms. The molecule has 94 valence electrons. The molecule has 5 nitrogen and oxygen atoms in total. The first kappa shape index (κ1) is 13.3. The molecule has 0 atom stereocenters. The van der Waals surface area contributed by atoms with Crippen LogP contribution in [0.5, 0.6) is 5.75 Å². The molecule has 1 aromatic carbocycles. The molecule has 0 spiro atoms. The third-order valence-electron chi connectivity index (χ3n) is 2.34. The number of oxime groups is 1. The monoisotopic (exact) mass is 238 g/mol. The van der Waals surface area contributed by atoms with E-state index < -0.39 is 0 Å². The predicted molar refractivity (Wildman–Crippen MR) is 65.7 cm³/mol. The number of aryl methyl sites for hydroxylation is 1. The molecule has 0 aromatic heterocycles. The first-order valence-electron chi connectivity index (χ1n) is 5.39. The van der Waals surface area contributed by atoms with Gasteiger partial charge in [-0.3, -0.25) is 0 Å². The largest absolute Gasteiger partial charge is 0.493 e. The second-order valence-corrected chi connectivity index (χ2v) is 3.66. The average Bonchev–Trinajstić information content (AvgIpc) is 2.35. The van der Waals surface area contributed by atoms with Crippen molar-refractivity contribution in [1.29, 1.82) is 0 Å². The van der Waals surface area contributed by atoms with Crippen molar-refractivity contribution in [3.63, 3.8) is 0 Å². The van der Waals surface area contributed by atoms with Gasteiger partial charge in [-0.2, -0.15) is 0 Å². The number of amidine groups is 1. The Balaban J connectivity index is 2.70. The lowest BCUT2D eigenvalue weighted by Crippen LogP contribution is -2.13. The molecular weight excluding hydrogens is 220 g/mol.